The number of hydrogen-bond acceptors (Lipinski definition) is 3. The van der Waals surface area contributed by atoms with Gasteiger partial charge < -0.3 is 4.98 Å². The van der Waals surface area contributed by atoms with Crippen LogP contribution in [0, 0.1) is 4.77 Å². The van der Waals surface area contributed by atoms with Crippen LogP contribution >= 0.6 is 23.6 Å². The average Bonchev–Trinajstić information content (AvgIpc) is 3.04. The Hall–Kier alpha value is -2.50. The average molecular weight is 350 g/mol. The summed E-state index contributed by atoms with van der Waals surface area (Å²) in [5.74, 6) is 0. The van der Waals surface area contributed by atoms with E-state index in [1.807, 2.05) is 66.7 Å². The highest BCUT2D eigenvalue weighted by Gasteiger charge is 2.11. The summed E-state index contributed by atoms with van der Waals surface area (Å²) < 4.78 is 2.78. The summed E-state index contributed by atoms with van der Waals surface area (Å²) in [5.41, 5.74) is 2.92. The molecule has 2 heterocycles. The van der Waals surface area contributed by atoms with Gasteiger partial charge in [0.05, 0.1) is 12.1 Å². The fourth-order valence-corrected chi connectivity index (χ4v) is 4.02. The van der Waals surface area contributed by atoms with Crippen LogP contribution in [0.5, 0.6) is 0 Å². The van der Waals surface area contributed by atoms with Gasteiger partial charge in [0.25, 0.3) is 5.56 Å². The summed E-state index contributed by atoms with van der Waals surface area (Å²) in [6.45, 7) is 0.476. The molecule has 4 aromatic rings. The topological polar surface area (TPSA) is 37.8 Å². The molecule has 0 atom stereocenters. The highest BCUT2D eigenvalue weighted by molar-refractivity contribution is 7.71. The van der Waals surface area contributed by atoms with Gasteiger partial charge in [-0.05, 0) is 29.4 Å². The molecule has 0 saturated carbocycles. The van der Waals surface area contributed by atoms with Gasteiger partial charge in [0.15, 0.2) is 4.77 Å². The number of aromatic amines is 1. The second-order valence-electron chi connectivity index (χ2n) is 5.53. The van der Waals surface area contributed by atoms with E-state index in [2.05, 4.69) is 4.98 Å². The Bertz CT molecular complexity index is 1110. The molecule has 0 aliphatic carbocycles. The first kappa shape index (κ1) is 15.1. The Morgan fingerprint density at radius 3 is 2.38 bits per heavy atom. The number of hydrogen-bond donors (Lipinski definition) is 1. The van der Waals surface area contributed by atoms with Crippen molar-refractivity contribution in [3.63, 3.8) is 0 Å². The van der Waals surface area contributed by atoms with E-state index in [4.69, 9.17) is 12.2 Å². The second-order valence-corrected chi connectivity index (χ2v) is 6.97. The lowest BCUT2D eigenvalue weighted by Crippen LogP contribution is -2.21. The van der Waals surface area contributed by atoms with Crippen LogP contribution in [0.3, 0.4) is 0 Å². The van der Waals surface area contributed by atoms with Crippen LogP contribution in [0.15, 0.2) is 71.5 Å². The first-order valence-corrected chi connectivity index (χ1v) is 8.81. The minimum Gasteiger partial charge on any atom is -0.331 e. The van der Waals surface area contributed by atoms with E-state index < -0.39 is 0 Å². The molecule has 0 radical (unpaired) electrons. The first-order valence-electron chi connectivity index (χ1n) is 7.58. The maximum absolute atomic E-state index is 12.9. The molecule has 0 unspecified atom stereocenters. The Morgan fingerprint density at radius 2 is 1.67 bits per heavy atom. The number of aromatic nitrogens is 2. The predicted molar refractivity (Wildman–Crippen MR) is 102 cm³/mol. The molecule has 0 aliphatic rings. The highest BCUT2D eigenvalue weighted by Crippen LogP contribution is 2.30. The zero-order valence-electron chi connectivity index (χ0n) is 12.7. The number of rotatable bonds is 3. The maximum Gasteiger partial charge on any atom is 0.272 e. The number of nitrogens with one attached hydrogen (secondary N) is 1. The van der Waals surface area contributed by atoms with Crippen molar-refractivity contribution in [2.24, 2.45) is 0 Å². The largest absolute Gasteiger partial charge is 0.331 e. The molecule has 3 nitrogen and oxygen atoms in total. The molecule has 0 aliphatic heterocycles. The summed E-state index contributed by atoms with van der Waals surface area (Å²) in [6, 6.07) is 21.9. The number of thiophene rings is 1. The minimum atomic E-state index is -0.0372. The molecule has 0 saturated heterocycles. The zero-order chi connectivity index (χ0) is 16.5. The summed E-state index contributed by atoms with van der Waals surface area (Å²) >= 11 is 6.90. The standard InChI is InChI=1S/C19H14N2OS2/c22-18-17-15(11-16(24-17)14-9-5-2-6-10-14)20-19(23)21(18)12-13-7-3-1-4-8-13/h1-11H,12H2,(H,20,23). The molecule has 1 N–H and O–H groups in total. The van der Waals surface area contributed by atoms with E-state index >= 15 is 0 Å². The number of nitrogens with zero attached hydrogens (tertiary/aromatic N) is 1. The van der Waals surface area contributed by atoms with Gasteiger partial charge in [0, 0.05) is 4.88 Å². The predicted octanol–water partition coefficient (Wildman–Crippen LogP) is 4.84. The third-order valence-corrected chi connectivity index (χ3v) is 5.39. The quantitative estimate of drug-likeness (QED) is 0.537. The van der Waals surface area contributed by atoms with Gasteiger partial charge in [-0.1, -0.05) is 60.7 Å². The van der Waals surface area contributed by atoms with Crippen LogP contribution in [0.1, 0.15) is 5.56 Å². The third-order valence-electron chi connectivity index (χ3n) is 3.90. The third kappa shape index (κ3) is 2.72. The van der Waals surface area contributed by atoms with Gasteiger partial charge in [-0.2, -0.15) is 0 Å². The molecule has 0 fully saturated rings. The van der Waals surface area contributed by atoms with Crippen LogP contribution < -0.4 is 5.56 Å². The summed E-state index contributed by atoms with van der Waals surface area (Å²) in [5, 5.41) is 0. The van der Waals surface area contributed by atoms with Crippen molar-refractivity contribution in [3.8, 4) is 10.4 Å². The number of benzene rings is 2. The normalized spacial score (nSPS) is 11.0. The monoisotopic (exact) mass is 350 g/mol. The van der Waals surface area contributed by atoms with Crippen molar-refractivity contribution < 1.29 is 0 Å². The summed E-state index contributed by atoms with van der Waals surface area (Å²) in [6.07, 6.45) is 0. The molecule has 2 aromatic heterocycles. The van der Waals surface area contributed by atoms with Gasteiger partial charge in [0.2, 0.25) is 0 Å². The van der Waals surface area contributed by atoms with Gasteiger partial charge in [-0.15, -0.1) is 11.3 Å². The van der Waals surface area contributed by atoms with E-state index in [1.54, 1.807) is 4.57 Å². The molecule has 24 heavy (non-hydrogen) atoms. The highest BCUT2D eigenvalue weighted by atomic mass is 32.1. The van der Waals surface area contributed by atoms with Gasteiger partial charge in [0.1, 0.15) is 4.70 Å². The lowest BCUT2D eigenvalue weighted by atomic mass is 10.2. The minimum absolute atomic E-state index is 0.0372. The van der Waals surface area contributed by atoms with Crippen molar-refractivity contribution in [2.75, 3.05) is 0 Å². The van der Waals surface area contributed by atoms with Crippen molar-refractivity contribution in [3.05, 3.63) is 87.4 Å². The summed E-state index contributed by atoms with van der Waals surface area (Å²) in [4.78, 5) is 17.1. The fraction of sp³-hybridized carbons (Fsp3) is 0.0526. The van der Waals surface area contributed by atoms with E-state index in [0.29, 0.717) is 16.0 Å². The Labute approximate surface area is 147 Å². The number of fused-ring (bicyclic) bond motifs is 1. The van der Waals surface area contributed by atoms with Crippen molar-refractivity contribution in [2.45, 2.75) is 6.54 Å². The first-order chi connectivity index (χ1) is 11.7. The maximum atomic E-state index is 12.9. The molecule has 2 aromatic carbocycles. The van der Waals surface area contributed by atoms with E-state index in [-0.39, 0.29) is 5.56 Å². The molecular formula is C19H14N2OS2. The van der Waals surface area contributed by atoms with Gasteiger partial charge in [-0.3, -0.25) is 9.36 Å². The molecule has 4 rings (SSSR count). The van der Waals surface area contributed by atoms with Crippen LogP contribution in [-0.2, 0) is 6.54 Å². The molecule has 118 valence electrons. The molecular weight excluding hydrogens is 336 g/mol. The fourth-order valence-electron chi connectivity index (χ4n) is 2.69. The van der Waals surface area contributed by atoms with Crippen LogP contribution in [0.25, 0.3) is 20.7 Å². The van der Waals surface area contributed by atoms with Crippen LogP contribution in [0.2, 0.25) is 0 Å². The van der Waals surface area contributed by atoms with Crippen molar-refractivity contribution in [1.29, 1.82) is 0 Å². The molecule has 5 heteroatoms. The number of H-pyrrole nitrogens is 1. The van der Waals surface area contributed by atoms with Crippen LogP contribution in [0.4, 0.5) is 0 Å². The molecule has 0 bridgehead atoms. The lowest BCUT2D eigenvalue weighted by molar-refractivity contribution is 0.736. The SMILES string of the molecule is O=c1c2sc(-c3ccccc3)cc2[nH]c(=S)n1Cc1ccccc1. The smallest absolute Gasteiger partial charge is 0.272 e. The van der Waals surface area contributed by atoms with E-state index in [1.165, 1.54) is 11.3 Å². The van der Waals surface area contributed by atoms with Crippen LogP contribution in [-0.4, -0.2) is 9.55 Å². The Kier molecular flexibility index (Phi) is 3.88. The van der Waals surface area contributed by atoms with Crippen molar-refractivity contribution in [1.82, 2.24) is 9.55 Å². The Morgan fingerprint density at radius 1 is 1.00 bits per heavy atom. The molecule has 0 amide bonds. The molecule has 0 spiro atoms. The lowest BCUT2D eigenvalue weighted by Gasteiger charge is -2.06. The zero-order valence-corrected chi connectivity index (χ0v) is 14.4. The van der Waals surface area contributed by atoms with E-state index in [9.17, 15) is 4.79 Å². The van der Waals surface area contributed by atoms with E-state index in [0.717, 1.165) is 21.5 Å². The van der Waals surface area contributed by atoms with Crippen molar-refractivity contribution >= 4 is 33.8 Å². The second kappa shape index (κ2) is 6.19. The van der Waals surface area contributed by atoms with Gasteiger partial charge in [-0.25, -0.2) is 0 Å². The Balaban J connectivity index is 1.85. The summed E-state index contributed by atoms with van der Waals surface area (Å²) in [7, 11) is 0. The van der Waals surface area contributed by atoms with Gasteiger partial charge >= 0.3 is 0 Å².